The Morgan fingerprint density at radius 1 is 1.08 bits per heavy atom. The minimum atomic E-state index is -4.56. The Hall–Kier alpha value is -2.77. The van der Waals surface area contributed by atoms with Gasteiger partial charge in [0.1, 0.15) is 5.82 Å². The molecule has 0 aliphatic rings. The van der Waals surface area contributed by atoms with Crippen molar-refractivity contribution in [2.45, 2.75) is 32.4 Å². The number of fused-ring (bicyclic) bond motifs is 1. The maximum atomic E-state index is 13.2. The van der Waals surface area contributed by atoms with Crippen LogP contribution in [0.2, 0.25) is 0 Å². The molecule has 0 aromatic carbocycles. The number of hydrogen-bond acceptors (Lipinski definition) is 5. The molecular formula is C17H16F3N5. The topological polar surface area (TPSA) is 77.6 Å². The highest BCUT2D eigenvalue weighted by Gasteiger charge is 2.34. The Balaban J connectivity index is 2.18. The summed E-state index contributed by atoms with van der Waals surface area (Å²) < 4.78 is 39.6. The van der Waals surface area contributed by atoms with Crippen LogP contribution in [0, 0.1) is 0 Å². The molecule has 0 aliphatic heterocycles. The van der Waals surface area contributed by atoms with E-state index in [1.165, 1.54) is 18.5 Å². The lowest BCUT2D eigenvalue weighted by molar-refractivity contribution is -0.137. The van der Waals surface area contributed by atoms with E-state index in [1.54, 1.807) is 6.20 Å². The Labute approximate surface area is 142 Å². The van der Waals surface area contributed by atoms with E-state index in [9.17, 15) is 13.2 Å². The van der Waals surface area contributed by atoms with E-state index in [-0.39, 0.29) is 17.2 Å². The van der Waals surface area contributed by atoms with Gasteiger partial charge >= 0.3 is 6.18 Å². The second-order valence-electron chi connectivity index (χ2n) is 5.65. The summed E-state index contributed by atoms with van der Waals surface area (Å²) in [4.78, 5) is 16.1. The summed E-state index contributed by atoms with van der Waals surface area (Å²) >= 11 is 0. The number of anilines is 1. The first-order chi connectivity index (χ1) is 11.9. The number of nitrogens with zero attached hydrogens (tertiary/aromatic N) is 4. The SMILES string of the molecule is CCCCc1cncc2nc(-c3ccncc3C(F)(F)F)nc(N)c12. The highest BCUT2D eigenvalue weighted by Crippen LogP contribution is 2.36. The largest absolute Gasteiger partial charge is 0.418 e. The van der Waals surface area contributed by atoms with Gasteiger partial charge in [-0.05, 0) is 24.5 Å². The van der Waals surface area contributed by atoms with Crippen LogP contribution in [0.3, 0.4) is 0 Å². The molecule has 130 valence electrons. The molecule has 3 heterocycles. The van der Waals surface area contributed by atoms with E-state index >= 15 is 0 Å². The van der Waals surface area contributed by atoms with Crippen molar-refractivity contribution in [3.05, 3.63) is 42.0 Å². The molecule has 0 saturated carbocycles. The van der Waals surface area contributed by atoms with Crippen LogP contribution in [0.1, 0.15) is 30.9 Å². The number of nitrogen functional groups attached to an aromatic ring is 1. The predicted octanol–water partition coefficient (Wildman–Crippen LogP) is 4.03. The molecule has 25 heavy (non-hydrogen) atoms. The average molecular weight is 347 g/mol. The molecule has 0 unspecified atom stereocenters. The van der Waals surface area contributed by atoms with Crippen LogP contribution in [-0.2, 0) is 12.6 Å². The smallest absolute Gasteiger partial charge is 0.383 e. The minimum absolute atomic E-state index is 0.0887. The number of hydrogen-bond donors (Lipinski definition) is 1. The van der Waals surface area contributed by atoms with Gasteiger partial charge in [-0.2, -0.15) is 13.2 Å². The molecule has 5 nitrogen and oxygen atoms in total. The van der Waals surface area contributed by atoms with Gasteiger partial charge in [-0.15, -0.1) is 0 Å². The zero-order valence-corrected chi connectivity index (χ0v) is 13.5. The lowest BCUT2D eigenvalue weighted by Gasteiger charge is -2.13. The Bertz CT molecular complexity index is 908. The molecule has 3 rings (SSSR count). The van der Waals surface area contributed by atoms with E-state index in [1.807, 2.05) is 0 Å². The first-order valence-electron chi connectivity index (χ1n) is 7.83. The summed E-state index contributed by atoms with van der Waals surface area (Å²) in [7, 11) is 0. The maximum absolute atomic E-state index is 13.2. The standard InChI is InChI=1S/C17H16F3N5/c1-2-3-4-10-7-23-9-13-14(10)15(21)25-16(24-13)11-5-6-22-8-12(11)17(18,19)20/h5-9H,2-4H2,1H3,(H2,21,24,25). The van der Waals surface area contributed by atoms with Gasteiger partial charge in [0.25, 0.3) is 0 Å². The average Bonchev–Trinajstić information content (AvgIpc) is 2.58. The van der Waals surface area contributed by atoms with E-state index in [4.69, 9.17) is 5.73 Å². The quantitative estimate of drug-likeness (QED) is 0.771. The van der Waals surface area contributed by atoms with Crippen molar-refractivity contribution in [1.29, 1.82) is 0 Å². The van der Waals surface area contributed by atoms with Crippen LogP contribution in [0.15, 0.2) is 30.9 Å². The predicted molar refractivity (Wildman–Crippen MR) is 88.6 cm³/mol. The van der Waals surface area contributed by atoms with Crippen LogP contribution in [-0.4, -0.2) is 19.9 Å². The monoisotopic (exact) mass is 347 g/mol. The van der Waals surface area contributed by atoms with Gasteiger partial charge in [0, 0.05) is 29.5 Å². The van der Waals surface area contributed by atoms with E-state index in [0.29, 0.717) is 10.9 Å². The van der Waals surface area contributed by atoms with Crippen molar-refractivity contribution in [2.75, 3.05) is 5.73 Å². The van der Waals surface area contributed by atoms with E-state index in [2.05, 4.69) is 26.9 Å². The van der Waals surface area contributed by atoms with Gasteiger partial charge in [-0.1, -0.05) is 13.3 Å². The zero-order valence-electron chi connectivity index (χ0n) is 13.5. The van der Waals surface area contributed by atoms with Gasteiger partial charge in [-0.3, -0.25) is 9.97 Å². The molecule has 3 aromatic heterocycles. The van der Waals surface area contributed by atoms with Crippen molar-refractivity contribution in [2.24, 2.45) is 0 Å². The Kier molecular flexibility index (Phi) is 4.52. The summed E-state index contributed by atoms with van der Waals surface area (Å²) in [5, 5.41) is 0.648. The molecule has 0 atom stereocenters. The van der Waals surface area contributed by atoms with E-state index < -0.39 is 11.7 Å². The van der Waals surface area contributed by atoms with Crippen molar-refractivity contribution in [3.63, 3.8) is 0 Å². The highest BCUT2D eigenvalue weighted by atomic mass is 19.4. The molecule has 0 bridgehead atoms. The normalized spacial score (nSPS) is 11.8. The lowest BCUT2D eigenvalue weighted by atomic mass is 10.1. The summed E-state index contributed by atoms with van der Waals surface area (Å²) in [6.45, 7) is 2.07. The maximum Gasteiger partial charge on any atom is 0.418 e. The minimum Gasteiger partial charge on any atom is -0.383 e. The number of rotatable bonds is 4. The molecule has 2 N–H and O–H groups in total. The molecule has 0 aliphatic carbocycles. The van der Waals surface area contributed by atoms with Gasteiger partial charge in [0.15, 0.2) is 5.82 Å². The summed E-state index contributed by atoms with van der Waals surface area (Å²) in [6, 6.07) is 1.23. The van der Waals surface area contributed by atoms with Gasteiger partial charge in [0.2, 0.25) is 0 Å². The second-order valence-corrected chi connectivity index (χ2v) is 5.65. The summed E-state index contributed by atoms with van der Waals surface area (Å²) in [5.74, 6) is 0.0626. The summed E-state index contributed by atoms with van der Waals surface area (Å²) in [5.41, 5.74) is 6.32. The van der Waals surface area contributed by atoms with Crippen molar-refractivity contribution < 1.29 is 13.2 Å². The fourth-order valence-corrected chi connectivity index (χ4v) is 2.67. The molecule has 0 radical (unpaired) electrons. The van der Waals surface area contributed by atoms with Crippen molar-refractivity contribution in [3.8, 4) is 11.4 Å². The van der Waals surface area contributed by atoms with Crippen LogP contribution < -0.4 is 5.73 Å². The number of aryl methyl sites for hydroxylation is 1. The number of nitrogens with two attached hydrogens (primary N) is 1. The Morgan fingerprint density at radius 2 is 1.88 bits per heavy atom. The van der Waals surface area contributed by atoms with Crippen LogP contribution >= 0.6 is 0 Å². The van der Waals surface area contributed by atoms with E-state index in [0.717, 1.165) is 31.0 Å². The summed E-state index contributed by atoms with van der Waals surface area (Å²) in [6.07, 6.45) is 3.37. The Morgan fingerprint density at radius 3 is 2.60 bits per heavy atom. The molecule has 0 spiro atoms. The van der Waals surface area contributed by atoms with Crippen molar-refractivity contribution in [1.82, 2.24) is 19.9 Å². The van der Waals surface area contributed by atoms with Crippen LogP contribution in [0.5, 0.6) is 0 Å². The number of alkyl halides is 3. The third-order valence-electron chi connectivity index (χ3n) is 3.88. The fourth-order valence-electron chi connectivity index (χ4n) is 2.67. The van der Waals surface area contributed by atoms with Gasteiger partial charge in [-0.25, -0.2) is 9.97 Å². The third-order valence-corrected chi connectivity index (χ3v) is 3.88. The number of pyridine rings is 2. The number of halogens is 3. The number of aromatic nitrogens is 4. The molecule has 0 amide bonds. The highest BCUT2D eigenvalue weighted by molar-refractivity contribution is 5.92. The third kappa shape index (κ3) is 3.38. The lowest BCUT2D eigenvalue weighted by Crippen LogP contribution is -2.09. The first-order valence-corrected chi connectivity index (χ1v) is 7.83. The van der Waals surface area contributed by atoms with Crippen LogP contribution in [0.25, 0.3) is 22.3 Å². The molecule has 8 heteroatoms. The zero-order chi connectivity index (χ0) is 18.0. The van der Waals surface area contributed by atoms with Gasteiger partial charge in [0.05, 0.1) is 17.3 Å². The second kappa shape index (κ2) is 6.62. The molecular weight excluding hydrogens is 331 g/mol. The molecule has 0 saturated heterocycles. The molecule has 0 fully saturated rings. The molecule has 3 aromatic rings. The fraction of sp³-hybridized carbons (Fsp3) is 0.294. The van der Waals surface area contributed by atoms with Crippen LogP contribution in [0.4, 0.5) is 19.0 Å². The number of unbranched alkanes of at least 4 members (excludes halogenated alkanes) is 1. The first kappa shape index (κ1) is 17.1. The van der Waals surface area contributed by atoms with Crippen molar-refractivity contribution >= 4 is 16.7 Å². The van der Waals surface area contributed by atoms with Gasteiger partial charge < -0.3 is 5.73 Å².